The molecule has 0 fully saturated rings. The maximum atomic E-state index is 11.7. The van der Waals surface area contributed by atoms with E-state index in [1.165, 1.54) is 0 Å². The number of aryl methyl sites for hydroxylation is 1. The van der Waals surface area contributed by atoms with E-state index in [0.29, 0.717) is 0 Å². The highest BCUT2D eigenvalue weighted by Crippen LogP contribution is 2.35. The van der Waals surface area contributed by atoms with Gasteiger partial charge >= 0.3 is 0 Å². The van der Waals surface area contributed by atoms with Crippen LogP contribution >= 0.6 is 39.7 Å². The number of hydrogen-bond acceptors (Lipinski definition) is 4. The lowest BCUT2D eigenvalue weighted by molar-refractivity contribution is -0.122. The van der Waals surface area contributed by atoms with E-state index in [4.69, 9.17) is 5.73 Å². The van der Waals surface area contributed by atoms with Crippen molar-refractivity contribution in [2.45, 2.75) is 32.9 Å². The van der Waals surface area contributed by atoms with Crippen molar-refractivity contribution >= 4 is 45.6 Å². The second-order valence-corrected chi connectivity index (χ2v) is 6.85. The summed E-state index contributed by atoms with van der Waals surface area (Å²) in [6, 6.07) is 7.36. The first-order valence-electron chi connectivity index (χ1n) is 6.68. The van der Waals surface area contributed by atoms with E-state index in [-0.39, 0.29) is 24.4 Å². The number of nitrogens with one attached hydrogen (secondary N) is 1. The van der Waals surface area contributed by atoms with Crippen molar-refractivity contribution in [3.63, 3.8) is 0 Å². The van der Waals surface area contributed by atoms with Crippen molar-refractivity contribution in [3.05, 3.63) is 39.3 Å². The minimum absolute atomic E-state index is 0. The van der Waals surface area contributed by atoms with Gasteiger partial charge in [0, 0.05) is 10.0 Å². The number of halogens is 2. The summed E-state index contributed by atoms with van der Waals surface area (Å²) in [4.78, 5) is 17.4. The van der Waals surface area contributed by atoms with Crippen LogP contribution in [0.25, 0.3) is 10.6 Å². The molecule has 2 aromatic rings. The van der Waals surface area contributed by atoms with E-state index in [9.17, 15) is 4.79 Å². The molecule has 0 aliphatic heterocycles. The zero-order valence-corrected chi connectivity index (χ0v) is 15.8. The third kappa shape index (κ3) is 4.29. The first-order valence-corrected chi connectivity index (χ1v) is 8.29. The van der Waals surface area contributed by atoms with E-state index in [2.05, 4.69) is 26.2 Å². The van der Waals surface area contributed by atoms with Crippen LogP contribution in [0.5, 0.6) is 0 Å². The molecule has 7 heteroatoms. The predicted molar refractivity (Wildman–Crippen MR) is 97.4 cm³/mol. The molecule has 2 atom stereocenters. The van der Waals surface area contributed by atoms with E-state index in [0.717, 1.165) is 25.6 Å². The Balaban J connectivity index is 0.00000242. The van der Waals surface area contributed by atoms with Crippen LogP contribution in [0, 0.1) is 6.92 Å². The van der Waals surface area contributed by atoms with Crippen LogP contribution < -0.4 is 11.1 Å². The zero-order chi connectivity index (χ0) is 15.6. The number of nitrogens with zero attached hydrogens (tertiary/aromatic N) is 1. The first-order chi connectivity index (χ1) is 9.90. The van der Waals surface area contributed by atoms with Crippen molar-refractivity contribution in [1.82, 2.24) is 10.3 Å². The van der Waals surface area contributed by atoms with Crippen molar-refractivity contribution in [2.75, 3.05) is 0 Å². The van der Waals surface area contributed by atoms with Crippen LogP contribution in [0.3, 0.4) is 0 Å². The fourth-order valence-electron chi connectivity index (χ4n) is 1.97. The highest BCUT2D eigenvalue weighted by molar-refractivity contribution is 9.10. The molecular weight excluding hydrogens is 386 g/mol. The fraction of sp³-hybridized carbons (Fsp3) is 0.333. The Bertz CT molecular complexity index is 660. The summed E-state index contributed by atoms with van der Waals surface area (Å²) in [5.74, 6) is -0.155. The molecule has 0 saturated carbocycles. The van der Waals surface area contributed by atoms with Gasteiger partial charge in [0.1, 0.15) is 5.01 Å². The van der Waals surface area contributed by atoms with Crippen molar-refractivity contribution in [1.29, 1.82) is 0 Å². The van der Waals surface area contributed by atoms with E-state index in [1.54, 1.807) is 18.3 Å². The molecule has 1 heterocycles. The molecule has 0 spiro atoms. The summed E-state index contributed by atoms with van der Waals surface area (Å²) < 4.78 is 1.01. The molecule has 1 amide bonds. The van der Waals surface area contributed by atoms with Gasteiger partial charge in [-0.3, -0.25) is 4.79 Å². The molecule has 120 valence electrons. The number of hydrogen-bond donors (Lipinski definition) is 2. The molecule has 0 aliphatic carbocycles. The Labute approximate surface area is 149 Å². The lowest BCUT2D eigenvalue weighted by Crippen LogP contribution is -2.39. The van der Waals surface area contributed by atoms with Crippen LogP contribution in [0.1, 0.15) is 30.5 Å². The maximum Gasteiger partial charge on any atom is 0.237 e. The first kappa shape index (κ1) is 19.1. The van der Waals surface area contributed by atoms with Crippen LogP contribution in [0.15, 0.2) is 28.7 Å². The van der Waals surface area contributed by atoms with Crippen molar-refractivity contribution < 1.29 is 4.79 Å². The number of nitrogens with two attached hydrogens (primary N) is 1. The van der Waals surface area contributed by atoms with Crippen molar-refractivity contribution in [3.8, 4) is 10.6 Å². The van der Waals surface area contributed by atoms with Gasteiger partial charge in [0.15, 0.2) is 0 Å². The van der Waals surface area contributed by atoms with Gasteiger partial charge in [-0.1, -0.05) is 34.1 Å². The third-order valence-corrected chi connectivity index (χ3v) is 5.17. The Morgan fingerprint density at radius 1 is 1.36 bits per heavy atom. The van der Waals surface area contributed by atoms with Gasteiger partial charge in [-0.2, -0.15) is 0 Å². The summed E-state index contributed by atoms with van der Waals surface area (Å²) in [5, 5.41) is 3.85. The number of aromatic nitrogens is 1. The molecule has 0 aliphatic rings. The largest absolute Gasteiger partial charge is 0.347 e. The Hall–Kier alpha value is -0.950. The molecule has 4 nitrogen and oxygen atoms in total. The summed E-state index contributed by atoms with van der Waals surface area (Å²) in [5.41, 5.74) is 7.58. The highest BCUT2D eigenvalue weighted by Gasteiger charge is 2.19. The second-order valence-electron chi connectivity index (χ2n) is 4.97. The Morgan fingerprint density at radius 2 is 2.00 bits per heavy atom. The smallest absolute Gasteiger partial charge is 0.237 e. The Kier molecular flexibility index (Phi) is 6.99. The molecule has 1 aromatic heterocycles. The summed E-state index contributed by atoms with van der Waals surface area (Å²) in [6.45, 7) is 5.58. The number of carbonyl (C=O) groups is 1. The lowest BCUT2D eigenvalue weighted by atomic mass is 10.2. The lowest BCUT2D eigenvalue weighted by Gasteiger charge is -2.14. The molecule has 0 saturated heterocycles. The van der Waals surface area contributed by atoms with Gasteiger partial charge < -0.3 is 11.1 Å². The molecule has 3 N–H and O–H groups in total. The molecule has 2 rings (SSSR count). The number of amides is 1. The number of benzene rings is 1. The number of rotatable bonds is 4. The van der Waals surface area contributed by atoms with Gasteiger partial charge in [0.05, 0.1) is 22.7 Å². The van der Waals surface area contributed by atoms with Gasteiger partial charge in [-0.15, -0.1) is 23.7 Å². The average molecular weight is 405 g/mol. The SMILES string of the molecule is Cc1nc(-c2ccccc2Br)sc1C(C)NC(=O)[C@@H](C)N.Cl. The molecular formula is C15H19BrClN3OS. The summed E-state index contributed by atoms with van der Waals surface area (Å²) in [6.07, 6.45) is 0. The average Bonchev–Trinajstić information content (AvgIpc) is 2.81. The van der Waals surface area contributed by atoms with Crippen LogP contribution in [-0.2, 0) is 4.79 Å². The number of thiazole rings is 1. The summed E-state index contributed by atoms with van der Waals surface area (Å²) >= 11 is 5.14. The summed E-state index contributed by atoms with van der Waals surface area (Å²) in [7, 11) is 0. The van der Waals surface area contributed by atoms with Crippen LogP contribution in [0.2, 0.25) is 0 Å². The van der Waals surface area contributed by atoms with Gasteiger partial charge in [0.25, 0.3) is 0 Å². The minimum atomic E-state index is -0.511. The van der Waals surface area contributed by atoms with E-state index >= 15 is 0 Å². The normalized spacial score (nSPS) is 13.1. The number of carbonyl (C=O) groups excluding carboxylic acids is 1. The van der Waals surface area contributed by atoms with E-state index in [1.807, 2.05) is 38.1 Å². The van der Waals surface area contributed by atoms with Gasteiger partial charge in [-0.05, 0) is 26.8 Å². The molecule has 0 radical (unpaired) electrons. The Morgan fingerprint density at radius 3 is 2.59 bits per heavy atom. The third-order valence-electron chi connectivity index (χ3n) is 3.10. The maximum absolute atomic E-state index is 11.7. The molecule has 0 bridgehead atoms. The van der Waals surface area contributed by atoms with Crippen molar-refractivity contribution in [2.24, 2.45) is 5.73 Å². The molecule has 22 heavy (non-hydrogen) atoms. The van der Waals surface area contributed by atoms with E-state index < -0.39 is 6.04 Å². The monoisotopic (exact) mass is 403 g/mol. The zero-order valence-electron chi connectivity index (χ0n) is 12.6. The van der Waals surface area contributed by atoms with Gasteiger partial charge in [-0.25, -0.2) is 4.98 Å². The quantitative estimate of drug-likeness (QED) is 0.814. The fourth-order valence-corrected chi connectivity index (χ4v) is 3.68. The standard InChI is InChI=1S/C15H18BrN3OS.ClH/c1-8(17)14(20)18-9(2)13-10(3)19-15(21-13)11-6-4-5-7-12(11)16;/h4-9H,17H2,1-3H3,(H,18,20);1H/t8-,9?;/m1./s1. The van der Waals surface area contributed by atoms with Crippen LogP contribution in [-0.4, -0.2) is 16.9 Å². The van der Waals surface area contributed by atoms with Crippen LogP contribution in [0.4, 0.5) is 0 Å². The molecule has 1 unspecified atom stereocenters. The second kappa shape index (κ2) is 8.06. The highest BCUT2D eigenvalue weighted by atomic mass is 79.9. The molecule has 1 aromatic carbocycles. The predicted octanol–water partition coefficient (Wildman–Crippen LogP) is 3.83. The van der Waals surface area contributed by atoms with Gasteiger partial charge in [0.2, 0.25) is 5.91 Å². The topological polar surface area (TPSA) is 68.0 Å². The minimum Gasteiger partial charge on any atom is -0.347 e.